The molecule has 1 amide bonds. The predicted molar refractivity (Wildman–Crippen MR) is 91.5 cm³/mol. The van der Waals surface area contributed by atoms with Crippen molar-refractivity contribution in [3.8, 4) is 5.88 Å². The predicted octanol–water partition coefficient (Wildman–Crippen LogP) is 4.24. The van der Waals surface area contributed by atoms with Gasteiger partial charge in [-0.25, -0.2) is 4.98 Å². The van der Waals surface area contributed by atoms with E-state index in [0.717, 1.165) is 18.9 Å². The molecule has 0 bridgehead atoms. The second-order valence-electron chi connectivity index (χ2n) is 6.73. The number of rotatable bonds is 4. The SMILES string of the molecule is Cc1cc(C(=O)N2CCC(COc3cccc(C(F)(F)F)n3)CC2)c(C)o1. The minimum absolute atomic E-state index is 0.0344. The molecule has 0 aliphatic carbocycles. The van der Waals surface area contributed by atoms with E-state index in [2.05, 4.69) is 4.98 Å². The normalized spacial score (nSPS) is 15.8. The molecule has 0 N–H and O–H groups in total. The molecule has 0 aromatic carbocycles. The molecule has 8 heteroatoms. The molecule has 1 aliphatic rings. The minimum Gasteiger partial charge on any atom is -0.477 e. The van der Waals surface area contributed by atoms with Crippen LogP contribution in [-0.2, 0) is 6.18 Å². The standard InChI is InChI=1S/C19H21F3N2O3/c1-12-10-15(13(2)27-12)18(25)24-8-6-14(7-9-24)11-26-17-5-3-4-16(23-17)19(20,21)22/h3-5,10,14H,6-9,11H2,1-2H3. The van der Waals surface area contributed by atoms with E-state index in [9.17, 15) is 18.0 Å². The number of hydrogen-bond acceptors (Lipinski definition) is 4. The lowest BCUT2D eigenvalue weighted by Crippen LogP contribution is -2.39. The maximum absolute atomic E-state index is 12.7. The monoisotopic (exact) mass is 382 g/mol. The largest absolute Gasteiger partial charge is 0.477 e. The fourth-order valence-electron chi connectivity index (χ4n) is 3.17. The van der Waals surface area contributed by atoms with E-state index in [4.69, 9.17) is 9.15 Å². The number of ether oxygens (including phenoxy) is 1. The van der Waals surface area contributed by atoms with Crippen LogP contribution >= 0.6 is 0 Å². The lowest BCUT2D eigenvalue weighted by atomic mass is 9.97. The molecular weight excluding hydrogens is 361 g/mol. The Morgan fingerprint density at radius 1 is 1.30 bits per heavy atom. The fraction of sp³-hybridized carbons (Fsp3) is 0.474. The highest BCUT2D eigenvalue weighted by atomic mass is 19.4. The van der Waals surface area contributed by atoms with Gasteiger partial charge in [0.2, 0.25) is 5.88 Å². The summed E-state index contributed by atoms with van der Waals surface area (Å²) in [4.78, 5) is 17.8. The van der Waals surface area contributed by atoms with E-state index >= 15 is 0 Å². The van der Waals surface area contributed by atoms with Gasteiger partial charge >= 0.3 is 6.18 Å². The van der Waals surface area contributed by atoms with Crippen molar-refractivity contribution < 1.29 is 27.1 Å². The Balaban J connectivity index is 1.51. The molecule has 27 heavy (non-hydrogen) atoms. The zero-order valence-corrected chi connectivity index (χ0v) is 15.2. The number of likely N-dealkylation sites (tertiary alicyclic amines) is 1. The average molecular weight is 382 g/mol. The first-order chi connectivity index (χ1) is 12.7. The van der Waals surface area contributed by atoms with Crippen LogP contribution in [0, 0.1) is 19.8 Å². The third-order valence-electron chi connectivity index (χ3n) is 4.65. The lowest BCUT2D eigenvalue weighted by Gasteiger charge is -2.31. The van der Waals surface area contributed by atoms with Crippen LogP contribution in [-0.4, -0.2) is 35.5 Å². The average Bonchev–Trinajstić information content (AvgIpc) is 2.97. The lowest BCUT2D eigenvalue weighted by molar-refractivity contribution is -0.141. The molecule has 0 unspecified atom stereocenters. The summed E-state index contributed by atoms with van der Waals surface area (Å²) in [6.07, 6.45) is -3.05. The topological polar surface area (TPSA) is 55.6 Å². The van der Waals surface area contributed by atoms with E-state index in [0.29, 0.717) is 30.2 Å². The molecule has 0 radical (unpaired) electrons. The molecular formula is C19H21F3N2O3. The molecule has 1 saturated heterocycles. The van der Waals surface area contributed by atoms with Crippen molar-refractivity contribution in [1.82, 2.24) is 9.88 Å². The maximum Gasteiger partial charge on any atom is 0.433 e. The van der Waals surface area contributed by atoms with Gasteiger partial charge in [-0.05, 0) is 44.7 Å². The summed E-state index contributed by atoms with van der Waals surface area (Å²) in [6, 6.07) is 5.35. The quantitative estimate of drug-likeness (QED) is 0.794. The summed E-state index contributed by atoms with van der Waals surface area (Å²) in [5, 5.41) is 0. The zero-order chi connectivity index (χ0) is 19.6. The molecule has 3 rings (SSSR count). The zero-order valence-electron chi connectivity index (χ0n) is 15.2. The van der Waals surface area contributed by atoms with E-state index in [1.54, 1.807) is 24.8 Å². The molecule has 0 atom stereocenters. The van der Waals surface area contributed by atoms with Gasteiger partial charge in [-0.3, -0.25) is 4.79 Å². The molecule has 5 nitrogen and oxygen atoms in total. The van der Waals surface area contributed by atoms with Crippen LogP contribution in [0.3, 0.4) is 0 Å². The van der Waals surface area contributed by atoms with Crippen molar-refractivity contribution >= 4 is 5.91 Å². The van der Waals surface area contributed by atoms with E-state index < -0.39 is 11.9 Å². The summed E-state index contributed by atoms with van der Waals surface area (Å²) >= 11 is 0. The Morgan fingerprint density at radius 3 is 2.59 bits per heavy atom. The molecule has 3 heterocycles. The van der Waals surface area contributed by atoms with Gasteiger partial charge in [0.25, 0.3) is 5.91 Å². The van der Waals surface area contributed by atoms with E-state index in [-0.39, 0.29) is 24.3 Å². The number of carbonyl (C=O) groups is 1. The summed E-state index contributed by atoms with van der Waals surface area (Å²) in [5.41, 5.74) is -0.387. The van der Waals surface area contributed by atoms with Crippen LogP contribution in [0.4, 0.5) is 13.2 Å². The van der Waals surface area contributed by atoms with Crippen molar-refractivity contribution in [2.24, 2.45) is 5.92 Å². The van der Waals surface area contributed by atoms with Gasteiger partial charge in [-0.2, -0.15) is 13.2 Å². The summed E-state index contributed by atoms with van der Waals surface area (Å²) in [7, 11) is 0. The number of hydrogen-bond donors (Lipinski definition) is 0. The number of piperidine rings is 1. The van der Waals surface area contributed by atoms with Gasteiger partial charge in [-0.1, -0.05) is 6.07 Å². The third-order valence-corrected chi connectivity index (χ3v) is 4.65. The number of nitrogens with zero attached hydrogens (tertiary/aromatic N) is 2. The number of pyridine rings is 1. The van der Waals surface area contributed by atoms with Gasteiger partial charge < -0.3 is 14.1 Å². The number of halogens is 3. The molecule has 0 spiro atoms. The van der Waals surface area contributed by atoms with Crippen LogP contribution in [0.2, 0.25) is 0 Å². The van der Waals surface area contributed by atoms with Crippen LogP contribution < -0.4 is 4.74 Å². The van der Waals surface area contributed by atoms with Crippen LogP contribution in [0.15, 0.2) is 28.7 Å². The smallest absolute Gasteiger partial charge is 0.433 e. The number of furan rings is 1. The Kier molecular flexibility index (Phi) is 5.43. The summed E-state index contributed by atoms with van der Waals surface area (Å²) < 4.78 is 48.9. The number of carbonyl (C=O) groups excluding carboxylic acids is 1. The van der Waals surface area contributed by atoms with Crippen molar-refractivity contribution in [3.05, 3.63) is 47.0 Å². The highest BCUT2D eigenvalue weighted by molar-refractivity contribution is 5.95. The Morgan fingerprint density at radius 2 is 2.00 bits per heavy atom. The van der Waals surface area contributed by atoms with Crippen LogP contribution in [0.25, 0.3) is 0 Å². The molecule has 1 fully saturated rings. The number of aromatic nitrogens is 1. The second kappa shape index (κ2) is 7.62. The van der Waals surface area contributed by atoms with Crippen molar-refractivity contribution in [3.63, 3.8) is 0 Å². The van der Waals surface area contributed by atoms with Gasteiger partial charge in [0, 0.05) is 19.2 Å². The summed E-state index contributed by atoms with van der Waals surface area (Å²) in [6.45, 7) is 5.00. The van der Waals surface area contributed by atoms with Crippen molar-refractivity contribution in [1.29, 1.82) is 0 Å². The fourth-order valence-corrected chi connectivity index (χ4v) is 3.17. The highest BCUT2D eigenvalue weighted by Crippen LogP contribution is 2.29. The third kappa shape index (κ3) is 4.61. The number of alkyl halides is 3. The van der Waals surface area contributed by atoms with Gasteiger partial charge in [0.1, 0.15) is 17.2 Å². The molecule has 2 aromatic heterocycles. The minimum atomic E-state index is -4.49. The highest BCUT2D eigenvalue weighted by Gasteiger charge is 2.33. The number of aryl methyl sites for hydroxylation is 2. The first-order valence-corrected chi connectivity index (χ1v) is 8.77. The molecule has 0 saturated carbocycles. The second-order valence-corrected chi connectivity index (χ2v) is 6.73. The molecule has 2 aromatic rings. The van der Waals surface area contributed by atoms with E-state index in [1.165, 1.54) is 12.1 Å². The molecule has 1 aliphatic heterocycles. The first-order valence-electron chi connectivity index (χ1n) is 8.77. The molecule has 146 valence electrons. The van der Waals surface area contributed by atoms with Gasteiger partial charge in [0.05, 0.1) is 12.2 Å². The Bertz CT molecular complexity index is 809. The van der Waals surface area contributed by atoms with Crippen LogP contribution in [0.5, 0.6) is 5.88 Å². The number of amides is 1. The van der Waals surface area contributed by atoms with Crippen molar-refractivity contribution in [2.45, 2.75) is 32.9 Å². The summed E-state index contributed by atoms with van der Waals surface area (Å²) in [5.74, 6) is 1.39. The van der Waals surface area contributed by atoms with Crippen molar-refractivity contribution in [2.75, 3.05) is 19.7 Å². The van der Waals surface area contributed by atoms with Crippen LogP contribution in [0.1, 0.15) is 40.4 Å². The van der Waals surface area contributed by atoms with Gasteiger partial charge in [-0.15, -0.1) is 0 Å². The Hall–Kier alpha value is -2.51. The first kappa shape index (κ1) is 19.3. The maximum atomic E-state index is 12.7. The Labute approximate surface area is 155 Å². The van der Waals surface area contributed by atoms with Gasteiger partial charge in [0.15, 0.2) is 0 Å². The van der Waals surface area contributed by atoms with E-state index in [1.807, 2.05) is 0 Å².